The van der Waals surface area contributed by atoms with Crippen LogP contribution < -0.4 is 0 Å². The van der Waals surface area contributed by atoms with Gasteiger partial charge in [0.05, 0.1) is 0 Å². The van der Waals surface area contributed by atoms with Gasteiger partial charge >= 0.3 is 0 Å². The van der Waals surface area contributed by atoms with Gasteiger partial charge in [0.1, 0.15) is 0 Å². The largest absolute Gasteiger partial charge is 0.0654 e. The van der Waals surface area contributed by atoms with Crippen molar-refractivity contribution >= 4 is 0 Å². The highest BCUT2D eigenvalue weighted by atomic mass is 14.3. The first-order valence-corrected chi connectivity index (χ1v) is 10.2. The van der Waals surface area contributed by atoms with Crippen molar-refractivity contribution in [2.45, 2.75) is 130 Å². The fraction of sp³-hybridized carbons (Fsp3) is 1.00. The second kappa shape index (κ2) is 14.9. The lowest BCUT2D eigenvalue weighted by atomic mass is 9.71. The van der Waals surface area contributed by atoms with E-state index in [-0.39, 0.29) is 0 Å². The maximum atomic E-state index is 2.34. The van der Waals surface area contributed by atoms with Crippen LogP contribution in [-0.4, -0.2) is 0 Å². The number of unbranched alkanes of at least 4 members (excludes halogenated alkanes) is 8. The highest BCUT2D eigenvalue weighted by molar-refractivity contribution is 4.80. The third-order valence-corrected chi connectivity index (χ3v) is 5.24. The van der Waals surface area contributed by atoms with E-state index in [9.17, 15) is 0 Å². The molecule has 0 N–H and O–H groups in total. The van der Waals surface area contributed by atoms with Crippen LogP contribution in [0, 0.1) is 5.41 Å². The fourth-order valence-electron chi connectivity index (χ4n) is 3.75. The first kappa shape index (κ1) is 21.0. The van der Waals surface area contributed by atoms with E-state index in [1.54, 1.807) is 0 Å². The Morgan fingerprint density at radius 1 is 0.381 bits per heavy atom. The van der Waals surface area contributed by atoms with Gasteiger partial charge in [0, 0.05) is 0 Å². The maximum Gasteiger partial charge on any atom is -0.0297 e. The summed E-state index contributed by atoms with van der Waals surface area (Å²) in [4.78, 5) is 0. The van der Waals surface area contributed by atoms with Gasteiger partial charge in [0.15, 0.2) is 0 Å². The molecule has 0 nitrogen and oxygen atoms in total. The molecule has 0 amide bonds. The average molecular weight is 297 g/mol. The van der Waals surface area contributed by atoms with Crippen LogP contribution in [0.25, 0.3) is 0 Å². The minimum absolute atomic E-state index is 0.703. The Hall–Kier alpha value is 0. The summed E-state index contributed by atoms with van der Waals surface area (Å²) in [6.45, 7) is 9.36. The van der Waals surface area contributed by atoms with Crippen molar-refractivity contribution in [3.8, 4) is 0 Å². The lowest BCUT2D eigenvalue weighted by molar-refractivity contribution is 0.173. The van der Waals surface area contributed by atoms with Crippen molar-refractivity contribution in [2.75, 3.05) is 0 Å². The molecule has 0 rings (SSSR count). The highest BCUT2D eigenvalue weighted by Crippen LogP contribution is 2.41. The maximum absolute atomic E-state index is 2.34. The molecule has 0 aromatic heterocycles. The van der Waals surface area contributed by atoms with Crippen molar-refractivity contribution in [2.24, 2.45) is 5.41 Å². The number of hydrogen-bond donors (Lipinski definition) is 0. The molecule has 0 saturated heterocycles. The van der Waals surface area contributed by atoms with Gasteiger partial charge in [-0.25, -0.2) is 0 Å². The average Bonchev–Trinajstić information content (AvgIpc) is 2.48. The summed E-state index contributed by atoms with van der Waals surface area (Å²) >= 11 is 0. The van der Waals surface area contributed by atoms with Crippen molar-refractivity contribution in [3.63, 3.8) is 0 Å². The molecule has 0 aliphatic heterocycles. The molecule has 0 radical (unpaired) electrons. The number of rotatable bonds is 16. The molecule has 0 saturated carbocycles. The highest BCUT2D eigenvalue weighted by Gasteiger charge is 2.27. The van der Waals surface area contributed by atoms with Crippen LogP contribution in [0.5, 0.6) is 0 Å². The van der Waals surface area contributed by atoms with E-state index in [4.69, 9.17) is 0 Å². The molecule has 0 fully saturated rings. The molecular formula is C21H44. The van der Waals surface area contributed by atoms with Gasteiger partial charge in [-0.1, -0.05) is 105 Å². The van der Waals surface area contributed by atoms with E-state index in [1.165, 1.54) is 103 Å². The van der Waals surface area contributed by atoms with Gasteiger partial charge in [-0.05, 0) is 31.1 Å². The summed E-state index contributed by atoms with van der Waals surface area (Å²) in [7, 11) is 0. The molecule has 21 heavy (non-hydrogen) atoms. The first-order chi connectivity index (χ1) is 10.2. The zero-order chi connectivity index (χ0) is 15.8. The molecule has 0 aliphatic carbocycles. The van der Waals surface area contributed by atoms with E-state index < -0.39 is 0 Å². The molecule has 0 heterocycles. The Kier molecular flexibility index (Phi) is 14.9. The molecule has 0 spiro atoms. The van der Waals surface area contributed by atoms with Crippen LogP contribution in [0.2, 0.25) is 0 Å². The summed E-state index contributed by atoms with van der Waals surface area (Å²) in [6, 6.07) is 0. The zero-order valence-electron chi connectivity index (χ0n) is 15.8. The summed E-state index contributed by atoms with van der Waals surface area (Å²) < 4.78 is 0. The number of hydrogen-bond acceptors (Lipinski definition) is 0. The lowest BCUT2D eigenvalue weighted by Crippen LogP contribution is -2.21. The summed E-state index contributed by atoms with van der Waals surface area (Å²) in [6.07, 6.45) is 23.2. The summed E-state index contributed by atoms with van der Waals surface area (Å²) in [5, 5.41) is 0. The Morgan fingerprint density at radius 2 is 0.619 bits per heavy atom. The van der Waals surface area contributed by atoms with Crippen molar-refractivity contribution in [1.82, 2.24) is 0 Å². The van der Waals surface area contributed by atoms with Gasteiger partial charge in [0.25, 0.3) is 0 Å². The third kappa shape index (κ3) is 11.2. The standard InChI is InChI=1S/C21H44/c1-5-9-13-17-21(18-14-10-6-2,19-15-11-7-3)20-16-12-8-4/h5-20H2,1-4H3. The Morgan fingerprint density at radius 3 is 0.810 bits per heavy atom. The van der Waals surface area contributed by atoms with Crippen LogP contribution in [0.1, 0.15) is 130 Å². The van der Waals surface area contributed by atoms with Crippen LogP contribution in [0.3, 0.4) is 0 Å². The summed E-state index contributed by atoms with van der Waals surface area (Å²) in [5.41, 5.74) is 0.703. The first-order valence-electron chi connectivity index (χ1n) is 10.2. The molecule has 0 aromatic rings. The van der Waals surface area contributed by atoms with Gasteiger partial charge in [-0.2, -0.15) is 0 Å². The van der Waals surface area contributed by atoms with Crippen LogP contribution >= 0.6 is 0 Å². The van der Waals surface area contributed by atoms with Crippen molar-refractivity contribution < 1.29 is 0 Å². The van der Waals surface area contributed by atoms with E-state index >= 15 is 0 Å². The molecule has 0 aromatic carbocycles. The SMILES string of the molecule is CCCCCC(CCCCC)(CCCCC)CCCCC. The quantitative estimate of drug-likeness (QED) is 0.251. The van der Waals surface area contributed by atoms with Gasteiger partial charge in [0.2, 0.25) is 0 Å². The van der Waals surface area contributed by atoms with Crippen molar-refractivity contribution in [1.29, 1.82) is 0 Å². The van der Waals surface area contributed by atoms with E-state index in [0.717, 1.165) is 0 Å². The molecule has 0 unspecified atom stereocenters. The molecule has 0 aliphatic rings. The van der Waals surface area contributed by atoms with E-state index in [2.05, 4.69) is 27.7 Å². The Labute approximate surface area is 136 Å². The van der Waals surface area contributed by atoms with Crippen LogP contribution in [0.4, 0.5) is 0 Å². The third-order valence-electron chi connectivity index (χ3n) is 5.24. The minimum atomic E-state index is 0.703. The lowest BCUT2D eigenvalue weighted by Gasteiger charge is -2.35. The molecule has 0 bridgehead atoms. The smallest absolute Gasteiger partial charge is 0.0297 e. The normalized spacial score (nSPS) is 12.0. The second-order valence-electron chi connectivity index (χ2n) is 7.33. The Balaban J connectivity index is 4.52. The van der Waals surface area contributed by atoms with Crippen LogP contribution in [0.15, 0.2) is 0 Å². The minimum Gasteiger partial charge on any atom is -0.0654 e. The van der Waals surface area contributed by atoms with Crippen molar-refractivity contribution in [3.05, 3.63) is 0 Å². The van der Waals surface area contributed by atoms with Gasteiger partial charge in [-0.15, -0.1) is 0 Å². The topological polar surface area (TPSA) is 0 Å². The van der Waals surface area contributed by atoms with E-state index in [0.29, 0.717) is 5.41 Å². The fourth-order valence-corrected chi connectivity index (χ4v) is 3.75. The van der Waals surface area contributed by atoms with Crippen LogP contribution in [-0.2, 0) is 0 Å². The summed E-state index contributed by atoms with van der Waals surface area (Å²) in [5.74, 6) is 0. The molecular weight excluding hydrogens is 252 g/mol. The van der Waals surface area contributed by atoms with Gasteiger partial charge in [-0.3, -0.25) is 0 Å². The predicted molar refractivity (Wildman–Crippen MR) is 99.0 cm³/mol. The van der Waals surface area contributed by atoms with Gasteiger partial charge < -0.3 is 0 Å². The predicted octanol–water partition coefficient (Wildman–Crippen LogP) is 8.29. The Bertz CT molecular complexity index is 149. The molecule has 0 heteroatoms. The molecule has 0 atom stereocenters. The monoisotopic (exact) mass is 296 g/mol. The molecule has 128 valence electrons. The zero-order valence-corrected chi connectivity index (χ0v) is 15.8. The second-order valence-corrected chi connectivity index (χ2v) is 7.33. The van der Waals surface area contributed by atoms with E-state index in [1.807, 2.05) is 0 Å².